The van der Waals surface area contributed by atoms with Gasteiger partial charge in [0.05, 0.1) is 12.7 Å². The molecule has 0 saturated heterocycles. The molecule has 2 heterocycles. The highest BCUT2D eigenvalue weighted by Gasteiger charge is 2.16. The van der Waals surface area contributed by atoms with Gasteiger partial charge in [-0.1, -0.05) is 18.2 Å². The highest BCUT2D eigenvalue weighted by atomic mass is 15.2. The summed E-state index contributed by atoms with van der Waals surface area (Å²) in [7, 11) is 0. The molecule has 3 rings (SSSR count). The van der Waals surface area contributed by atoms with Crippen molar-refractivity contribution in [2.45, 2.75) is 0 Å². The van der Waals surface area contributed by atoms with E-state index < -0.39 is 0 Å². The van der Waals surface area contributed by atoms with Crippen LogP contribution < -0.4 is 4.90 Å². The lowest BCUT2D eigenvalue weighted by molar-refractivity contribution is 1.05. The number of benzene rings is 1. The van der Waals surface area contributed by atoms with Crippen LogP contribution in [0.3, 0.4) is 0 Å². The number of fused-ring (bicyclic) bond motifs is 1. The second-order valence-electron chi connectivity index (χ2n) is 3.49. The van der Waals surface area contributed by atoms with Crippen molar-refractivity contribution in [1.29, 1.82) is 0 Å². The fourth-order valence-electron chi connectivity index (χ4n) is 1.77. The van der Waals surface area contributed by atoms with E-state index in [1.807, 2.05) is 24.4 Å². The summed E-state index contributed by atoms with van der Waals surface area (Å²) in [5.41, 5.74) is 2.08. The Morgan fingerprint density at radius 1 is 1.12 bits per heavy atom. The van der Waals surface area contributed by atoms with Crippen LogP contribution in [0, 0.1) is 0 Å². The van der Waals surface area contributed by atoms with Crippen LogP contribution in [0.2, 0.25) is 0 Å². The first kappa shape index (κ1) is 9.03. The Morgan fingerprint density at radius 3 is 2.88 bits per heavy atom. The molecule has 2 aromatic rings. The molecule has 0 fully saturated rings. The minimum Gasteiger partial charge on any atom is -0.332 e. The van der Waals surface area contributed by atoms with Crippen molar-refractivity contribution >= 4 is 23.4 Å². The Bertz CT molecular complexity index is 522. The fourth-order valence-corrected chi connectivity index (χ4v) is 1.77. The predicted octanol–water partition coefficient (Wildman–Crippen LogP) is 2.33. The molecule has 4 heteroatoms. The molecule has 0 N–H and O–H groups in total. The largest absolute Gasteiger partial charge is 0.332 e. The van der Waals surface area contributed by atoms with E-state index in [1.54, 1.807) is 6.20 Å². The van der Waals surface area contributed by atoms with Crippen LogP contribution in [-0.4, -0.2) is 22.7 Å². The molecule has 1 aromatic heterocycles. The number of rotatable bonds is 1. The van der Waals surface area contributed by atoms with Crippen molar-refractivity contribution in [2.24, 2.45) is 4.99 Å². The fraction of sp³-hybridized carbons (Fsp3) is 0.0833. The lowest BCUT2D eigenvalue weighted by Crippen LogP contribution is -2.22. The molecule has 0 unspecified atom stereocenters. The van der Waals surface area contributed by atoms with Crippen LogP contribution in [0.4, 0.5) is 17.2 Å². The highest BCUT2D eigenvalue weighted by molar-refractivity contribution is 5.84. The third kappa shape index (κ3) is 1.44. The Labute approximate surface area is 93.3 Å². The summed E-state index contributed by atoms with van der Waals surface area (Å²) in [5, 5.41) is 0. The van der Waals surface area contributed by atoms with Gasteiger partial charge in [-0.3, -0.25) is 0 Å². The van der Waals surface area contributed by atoms with Gasteiger partial charge in [0.1, 0.15) is 12.0 Å². The Hall–Kier alpha value is -2.23. The summed E-state index contributed by atoms with van der Waals surface area (Å²) in [5.74, 6) is 0.727. The van der Waals surface area contributed by atoms with Crippen LogP contribution in [0.5, 0.6) is 0 Å². The average Bonchev–Trinajstić information content (AvgIpc) is 2.39. The maximum Gasteiger partial charge on any atom is 0.178 e. The number of anilines is 2. The zero-order valence-corrected chi connectivity index (χ0v) is 8.61. The minimum absolute atomic E-state index is 0.727. The van der Waals surface area contributed by atoms with Gasteiger partial charge in [-0.05, 0) is 12.1 Å². The van der Waals surface area contributed by atoms with Gasteiger partial charge in [0.15, 0.2) is 5.82 Å². The molecule has 0 spiro atoms. The molecule has 0 amide bonds. The Morgan fingerprint density at radius 2 is 2.00 bits per heavy atom. The molecule has 1 aliphatic rings. The van der Waals surface area contributed by atoms with Gasteiger partial charge in [-0.2, -0.15) is 0 Å². The van der Waals surface area contributed by atoms with E-state index in [4.69, 9.17) is 0 Å². The number of hydrogen-bond donors (Lipinski definition) is 0. The van der Waals surface area contributed by atoms with Crippen molar-refractivity contribution in [3.63, 3.8) is 0 Å². The zero-order valence-electron chi connectivity index (χ0n) is 8.61. The van der Waals surface area contributed by atoms with Gasteiger partial charge in [0.2, 0.25) is 0 Å². The third-order valence-electron chi connectivity index (χ3n) is 2.51. The third-order valence-corrected chi connectivity index (χ3v) is 2.51. The van der Waals surface area contributed by atoms with E-state index in [9.17, 15) is 0 Å². The van der Waals surface area contributed by atoms with E-state index in [2.05, 4.69) is 32.0 Å². The van der Waals surface area contributed by atoms with Crippen molar-refractivity contribution in [2.75, 3.05) is 11.4 Å². The summed E-state index contributed by atoms with van der Waals surface area (Å²) < 4.78 is 0. The second-order valence-corrected chi connectivity index (χ2v) is 3.49. The Kier molecular flexibility index (Phi) is 2.11. The maximum atomic E-state index is 4.25. The first-order valence-electron chi connectivity index (χ1n) is 5.10. The summed E-state index contributed by atoms with van der Waals surface area (Å²) in [6.07, 6.45) is 5.18. The standard InChI is InChI=1S/C12H10N4/c1-2-4-10(5-3-1)16-7-6-14-12-11(16)8-13-9-15-12/h1-6,8-9H,7H2. The number of para-hydroxylation sites is 1. The lowest BCUT2D eigenvalue weighted by atomic mass is 10.2. The maximum absolute atomic E-state index is 4.25. The predicted molar refractivity (Wildman–Crippen MR) is 63.6 cm³/mol. The monoisotopic (exact) mass is 210 g/mol. The molecule has 1 aromatic carbocycles. The number of aliphatic imine (C=N–C) groups is 1. The molecule has 1 aliphatic heterocycles. The molecule has 0 atom stereocenters. The van der Waals surface area contributed by atoms with Crippen LogP contribution >= 0.6 is 0 Å². The van der Waals surface area contributed by atoms with E-state index in [0.717, 1.165) is 23.7 Å². The topological polar surface area (TPSA) is 41.4 Å². The minimum atomic E-state index is 0.727. The molecule has 4 nitrogen and oxygen atoms in total. The molecule has 16 heavy (non-hydrogen) atoms. The van der Waals surface area contributed by atoms with Crippen LogP contribution in [0.1, 0.15) is 0 Å². The average molecular weight is 210 g/mol. The van der Waals surface area contributed by atoms with E-state index in [-0.39, 0.29) is 0 Å². The molecule has 0 bridgehead atoms. The molecular formula is C12H10N4. The number of aromatic nitrogens is 2. The summed E-state index contributed by atoms with van der Waals surface area (Å²) in [4.78, 5) is 14.6. The highest BCUT2D eigenvalue weighted by Crippen LogP contribution is 2.32. The lowest BCUT2D eigenvalue weighted by Gasteiger charge is -2.25. The molecule has 78 valence electrons. The van der Waals surface area contributed by atoms with Gasteiger partial charge >= 0.3 is 0 Å². The van der Waals surface area contributed by atoms with Gasteiger partial charge in [-0.25, -0.2) is 15.0 Å². The smallest absolute Gasteiger partial charge is 0.178 e. The quantitative estimate of drug-likeness (QED) is 0.725. The van der Waals surface area contributed by atoms with Crippen molar-refractivity contribution < 1.29 is 0 Å². The molecule has 0 aliphatic carbocycles. The summed E-state index contributed by atoms with van der Waals surface area (Å²) >= 11 is 0. The number of nitrogens with zero attached hydrogens (tertiary/aromatic N) is 4. The first-order valence-corrected chi connectivity index (χ1v) is 5.10. The molecule has 0 saturated carbocycles. The normalized spacial score (nSPS) is 13.6. The van der Waals surface area contributed by atoms with Gasteiger partial charge in [0.25, 0.3) is 0 Å². The first-order chi connectivity index (χ1) is 7.95. The number of hydrogen-bond acceptors (Lipinski definition) is 4. The van der Waals surface area contributed by atoms with Crippen LogP contribution in [0.25, 0.3) is 0 Å². The second kappa shape index (κ2) is 3.73. The van der Waals surface area contributed by atoms with Crippen molar-refractivity contribution in [1.82, 2.24) is 9.97 Å². The zero-order chi connectivity index (χ0) is 10.8. The molecular weight excluding hydrogens is 200 g/mol. The SMILES string of the molecule is C1=Nc2ncncc2N(c2ccccc2)C1. The van der Waals surface area contributed by atoms with Gasteiger partial charge in [0, 0.05) is 11.9 Å². The molecule has 0 radical (unpaired) electrons. The van der Waals surface area contributed by atoms with E-state index >= 15 is 0 Å². The van der Waals surface area contributed by atoms with Crippen molar-refractivity contribution in [3.05, 3.63) is 42.9 Å². The van der Waals surface area contributed by atoms with Crippen molar-refractivity contribution in [3.8, 4) is 0 Å². The summed E-state index contributed by atoms with van der Waals surface area (Å²) in [6, 6.07) is 10.2. The van der Waals surface area contributed by atoms with E-state index in [1.165, 1.54) is 6.33 Å². The van der Waals surface area contributed by atoms with E-state index in [0.29, 0.717) is 0 Å². The summed E-state index contributed by atoms with van der Waals surface area (Å²) in [6.45, 7) is 0.754. The van der Waals surface area contributed by atoms with Gasteiger partial charge < -0.3 is 4.90 Å². The van der Waals surface area contributed by atoms with Crippen LogP contribution in [0.15, 0.2) is 47.8 Å². The van der Waals surface area contributed by atoms with Gasteiger partial charge in [-0.15, -0.1) is 0 Å². The van der Waals surface area contributed by atoms with Crippen LogP contribution in [-0.2, 0) is 0 Å². The Balaban J connectivity index is 2.09.